The van der Waals surface area contributed by atoms with Crippen molar-refractivity contribution in [1.29, 1.82) is 0 Å². The number of ether oxygens (including phenoxy) is 2. The highest BCUT2D eigenvalue weighted by Gasteiger charge is 2.06. The van der Waals surface area contributed by atoms with Gasteiger partial charge in [-0.25, -0.2) is 0 Å². The fourth-order valence-electron chi connectivity index (χ4n) is 1.68. The van der Waals surface area contributed by atoms with Crippen LogP contribution in [0.4, 0.5) is 0 Å². The summed E-state index contributed by atoms with van der Waals surface area (Å²) >= 11 is 6.89. The van der Waals surface area contributed by atoms with Crippen molar-refractivity contribution in [3.63, 3.8) is 0 Å². The highest BCUT2D eigenvalue weighted by atomic mass is 79.9. The molecule has 2 aromatic rings. The molecule has 0 N–H and O–H groups in total. The van der Waals surface area contributed by atoms with E-state index in [4.69, 9.17) is 9.47 Å². The first-order chi connectivity index (χ1) is 8.65. The highest BCUT2D eigenvalue weighted by Crippen LogP contribution is 2.34. The molecule has 0 bridgehead atoms. The Bertz CT molecular complexity index is 516. The SMILES string of the molecule is COc1cc(-c2ccc(Br)c(OC)c2)ccc1Br. The quantitative estimate of drug-likeness (QED) is 0.764. The molecule has 0 aliphatic carbocycles. The van der Waals surface area contributed by atoms with E-state index in [2.05, 4.69) is 31.9 Å². The monoisotopic (exact) mass is 370 g/mol. The highest BCUT2D eigenvalue weighted by molar-refractivity contribution is 9.10. The molecule has 94 valence electrons. The third-order valence-corrected chi connectivity index (χ3v) is 3.95. The minimum absolute atomic E-state index is 0.814. The maximum Gasteiger partial charge on any atom is 0.133 e. The molecular weight excluding hydrogens is 360 g/mol. The summed E-state index contributed by atoms with van der Waals surface area (Å²) in [5.41, 5.74) is 2.17. The molecule has 0 aliphatic rings. The van der Waals surface area contributed by atoms with Crippen molar-refractivity contribution in [2.45, 2.75) is 0 Å². The lowest BCUT2D eigenvalue weighted by Crippen LogP contribution is -1.88. The molecule has 18 heavy (non-hydrogen) atoms. The molecule has 0 radical (unpaired) electrons. The van der Waals surface area contributed by atoms with Crippen molar-refractivity contribution < 1.29 is 9.47 Å². The molecule has 0 spiro atoms. The Morgan fingerprint density at radius 3 is 1.44 bits per heavy atom. The van der Waals surface area contributed by atoms with Crippen molar-refractivity contribution >= 4 is 31.9 Å². The number of methoxy groups -OCH3 is 2. The fraction of sp³-hybridized carbons (Fsp3) is 0.143. The predicted molar refractivity (Wildman–Crippen MR) is 80.4 cm³/mol. The summed E-state index contributed by atoms with van der Waals surface area (Å²) in [6, 6.07) is 12.0. The van der Waals surface area contributed by atoms with Crippen LogP contribution in [-0.4, -0.2) is 14.2 Å². The number of hydrogen-bond donors (Lipinski definition) is 0. The molecule has 0 amide bonds. The van der Waals surface area contributed by atoms with Gasteiger partial charge in [0.15, 0.2) is 0 Å². The Morgan fingerprint density at radius 1 is 0.722 bits per heavy atom. The van der Waals surface area contributed by atoms with Gasteiger partial charge in [-0.3, -0.25) is 0 Å². The lowest BCUT2D eigenvalue weighted by Gasteiger charge is -2.09. The molecule has 0 fully saturated rings. The molecule has 0 aliphatic heterocycles. The first-order valence-corrected chi connectivity index (χ1v) is 6.91. The Hall–Kier alpha value is -1.00. The van der Waals surface area contributed by atoms with Crippen molar-refractivity contribution in [3.8, 4) is 22.6 Å². The van der Waals surface area contributed by atoms with Gasteiger partial charge in [-0.2, -0.15) is 0 Å². The molecule has 4 heteroatoms. The van der Waals surface area contributed by atoms with Crippen LogP contribution in [0.1, 0.15) is 0 Å². The normalized spacial score (nSPS) is 10.2. The van der Waals surface area contributed by atoms with Crippen LogP contribution in [-0.2, 0) is 0 Å². The zero-order chi connectivity index (χ0) is 13.1. The lowest BCUT2D eigenvalue weighted by atomic mass is 10.1. The third-order valence-electron chi connectivity index (χ3n) is 2.64. The molecule has 0 aromatic heterocycles. The average Bonchev–Trinajstić information content (AvgIpc) is 2.40. The maximum atomic E-state index is 5.30. The minimum Gasteiger partial charge on any atom is -0.496 e. The summed E-state index contributed by atoms with van der Waals surface area (Å²) in [7, 11) is 3.32. The molecule has 0 atom stereocenters. The summed E-state index contributed by atoms with van der Waals surface area (Å²) in [5, 5.41) is 0. The van der Waals surface area contributed by atoms with E-state index in [1.54, 1.807) is 14.2 Å². The smallest absolute Gasteiger partial charge is 0.133 e. The third kappa shape index (κ3) is 2.70. The Morgan fingerprint density at radius 2 is 1.11 bits per heavy atom. The molecule has 2 nitrogen and oxygen atoms in total. The zero-order valence-electron chi connectivity index (χ0n) is 10.0. The fourth-order valence-corrected chi connectivity index (χ4v) is 2.50. The molecule has 0 unspecified atom stereocenters. The van der Waals surface area contributed by atoms with E-state index in [0.717, 1.165) is 31.6 Å². The first kappa shape index (κ1) is 13.4. The number of rotatable bonds is 3. The van der Waals surface area contributed by atoms with Gasteiger partial charge in [0.25, 0.3) is 0 Å². The topological polar surface area (TPSA) is 18.5 Å². The standard InChI is InChI=1S/C14H12Br2O2/c1-17-13-7-9(3-5-11(13)15)10-4-6-12(16)14(8-10)18-2/h3-8H,1-2H3. The molecule has 0 saturated heterocycles. The largest absolute Gasteiger partial charge is 0.496 e. The van der Waals surface area contributed by atoms with Gasteiger partial charge in [-0.15, -0.1) is 0 Å². The van der Waals surface area contributed by atoms with Gasteiger partial charge in [0.2, 0.25) is 0 Å². The van der Waals surface area contributed by atoms with Crippen LogP contribution in [0.5, 0.6) is 11.5 Å². The second-order valence-electron chi connectivity index (χ2n) is 3.70. The van der Waals surface area contributed by atoms with Crippen LogP contribution >= 0.6 is 31.9 Å². The second-order valence-corrected chi connectivity index (χ2v) is 5.41. The van der Waals surface area contributed by atoms with Crippen LogP contribution in [0.3, 0.4) is 0 Å². The maximum absolute atomic E-state index is 5.30. The van der Waals surface area contributed by atoms with Crippen LogP contribution in [0.15, 0.2) is 45.3 Å². The summed E-state index contributed by atoms with van der Waals surface area (Å²) in [6.07, 6.45) is 0. The second kappa shape index (κ2) is 5.76. The Labute approximate surface area is 123 Å². The average molecular weight is 372 g/mol. The van der Waals surface area contributed by atoms with E-state index >= 15 is 0 Å². The van der Waals surface area contributed by atoms with Crippen molar-refractivity contribution in [2.75, 3.05) is 14.2 Å². The minimum atomic E-state index is 0.814. The van der Waals surface area contributed by atoms with Crippen molar-refractivity contribution in [3.05, 3.63) is 45.3 Å². The summed E-state index contributed by atoms with van der Waals surface area (Å²) in [4.78, 5) is 0. The van der Waals surface area contributed by atoms with E-state index in [9.17, 15) is 0 Å². The molecule has 0 saturated carbocycles. The molecule has 0 heterocycles. The van der Waals surface area contributed by atoms with E-state index in [0.29, 0.717) is 0 Å². The van der Waals surface area contributed by atoms with Gasteiger partial charge >= 0.3 is 0 Å². The summed E-state index contributed by atoms with van der Waals surface area (Å²) in [5.74, 6) is 1.63. The van der Waals surface area contributed by atoms with E-state index < -0.39 is 0 Å². The summed E-state index contributed by atoms with van der Waals surface area (Å²) < 4.78 is 12.5. The van der Waals surface area contributed by atoms with Gasteiger partial charge in [0.1, 0.15) is 11.5 Å². The number of hydrogen-bond acceptors (Lipinski definition) is 2. The predicted octanol–water partition coefficient (Wildman–Crippen LogP) is 4.90. The molecule has 2 rings (SSSR count). The van der Waals surface area contributed by atoms with Crippen LogP contribution in [0, 0.1) is 0 Å². The van der Waals surface area contributed by atoms with E-state index in [1.165, 1.54) is 0 Å². The van der Waals surface area contributed by atoms with Gasteiger partial charge in [-0.05, 0) is 67.3 Å². The number of halogens is 2. The number of benzene rings is 2. The molecule has 2 aromatic carbocycles. The van der Waals surface area contributed by atoms with Crippen LogP contribution < -0.4 is 9.47 Å². The van der Waals surface area contributed by atoms with Crippen molar-refractivity contribution in [2.24, 2.45) is 0 Å². The Kier molecular flexibility index (Phi) is 4.30. The van der Waals surface area contributed by atoms with Gasteiger partial charge < -0.3 is 9.47 Å². The van der Waals surface area contributed by atoms with Gasteiger partial charge in [0, 0.05) is 0 Å². The van der Waals surface area contributed by atoms with Crippen LogP contribution in [0.25, 0.3) is 11.1 Å². The van der Waals surface area contributed by atoms with E-state index in [1.807, 2.05) is 36.4 Å². The first-order valence-electron chi connectivity index (χ1n) is 5.33. The van der Waals surface area contributed by atoms with Gasteiger partial charge in [0.05, 0.1) is 23.2 Å². The lowest BCUT2D eigenvalue weighted by molar-refractivity contribution is 0.411. The van der Waals surface area contributed by atoms with Crippen molar-refractivity contribution in [1.82, 2.24) is 0 Å². The van der Waals surface area contributed by atoms with Crippen LogP contribution in [0.2, 0.25) is 0 Å². The Balaban J connectivity index is 2.48. The zero-order valence-corrected chi connectivity index (χ0v) is 13.2. The van der Waals surface area contributed by atoms with E-state index in [-0.39, 0.29) is 0 Å². The van der Waals surface area contributed by atoms with Gasteiger partial charge in [-0.1, -0.05) is 12.1 Å². The molecular formula is C14H12Br2O2. The summed E-state index contributed by atoms with van der Waals surface area (Å²) in [6.45, 7) is 0.